The summed E-state index contributed by atoms with van der Waals surface area (Å²) in [5.41, 5.74) is 6.68. The average molecular weight is 307 g/mol. The van der Waals surface area contributed by atoms with Crippen molar-refractivity contribution in [1.82, 2.24) is 15.7 Å². The van der Waals surface area contributed by atoms with Crippen LogP contribution in [-0.4, -0.2) is 31.1 Å². The summed E-state index contributed by atoms with van der Waals surface area (Å²) in [4.78, 5) is 8.28. The molecule has 2 aromatic rings. The molecular weight excluding hydrogens is 286 g/mol. The molecule has 0 saturated carbocycles. The van der Waals surface area contributed by atoms with E-state index in [4.69, 9.17) is 4.84 Å². The zero-order valence-electron chi connectivity index (χ0n) is 13.0. The highest BCUT2D eigenvalue weighted by atomic mass is 16.6. The molecular formula is C19H21N3O. The number of hydrogen-bond donors (Lipinski definition) is 2. The number of rotatable bonds is 2. The molecule has 0 spiro atoms. The third kappa shape index (κ3) is 2.96. The van der Waals surface area contributed by atoms with E-state index in [9.17, 15) is 0 Å². The van der Waals surface area contributed by atoms with E-state index in [2.05, 4.69) is 58.2 Å². The molecule has 0 bridgehead atoms. The maximum Gasteiger partial charge on any atom is 0.160 e. The highest BCUT2D eigenvalue weighted by Crippen LogP contribution is 2.37. The molecule has 1 atom stereocenters. The Bertz CT molecular complexity index is 693. The highest BCUT2D eigenvalue weighted by Gasteiger charge is 2.31. The molecule has 4 heteroatoms. The van der Waals surface area contributed by atoms with Crippen molar-refractivity contribution in [2.24, 2.45) is 0 Å². The molecule has 1 unspecified atom stereocenters. The zero-order valence-corrected chi connectivity index (χ0v) is 13.0. The van der Waals surface area contributed by atoms with Crippen LogP contribution in [0, 0.1) is 0 Å². The Morgan fingerprint density at radius 1 is 0.957 bits per heavy atom. The van der Waals surface area contributed by atoms with Crippen LogP contribution in [-0.2, 0) is 0 Å². The topological polar surface area (TPSA) is 36.5 Å². The SMILES string of the molecule is C(=C1NOc2ccccc2C1N1CCNCC1)c1ccccc1. The summed E-state index contributed by atoms with van der Waals surface area (Å²) in [6.07, 6.45) is 2.18. The Morgan fingerprint density at radius 2 is 1.70 bits per heavy atom. The summed E-state index contributed by atoms with van der Waals surface area (Å²) in [5, 5.41) is 3.43. The van der Waals surface area contributed by atoms with Gasteiger partial charge in [-0.15, -0.1) is 0 Å². The average Bonchev–Trinajstić information content (AvgIpc) is 2.63. The van der Waals surface area contributed by atoms with Crippen LogP contribution in [0.2, 0.25) is 0 Å². The van der Waals surface area contributed by atoms with Gasteiger partial charge in [0.2, 0.25) is 0 Å². The number of fused-ring (bicyclic) bond motifs is 1. The molecule has 2 aliphatic heterocycles. The molecule has 0 aromatic heterocycles. The smallest absolute Gasteiger partial charge is 0.160 e. The lowest BCUT2D eigenvalue weighted by Crippen LogP contribution is -2.48. The van der Waals surface area contributed by atoms with E-state index in [0.717, 1.165) is 37.6 Å². The fourth-order valence-corrected chi connectivity index (χ4v) is 3.31. The van der Waals surface area contributed by atoms with Crippen LogP contribution in [0.15, 0.2) is 60.3 Å². The second kappa shape index (κ2) is 6.44. The van der Waals surface area contributed by atoms with Crippen molar-refractivity contribution in [2.75, 3.05) is 26.2 Å². The number of para-hydroxylation sites is 1. The van der Waals surface area contributed by atoms with E-state index < -0.39 is 0 Å². The molecule has 2 aromatic carbocycles. The zero-order chi connectivity index (χ0) is 15.5. The van der Waals surface area contributed by atoms with Gasteiger partial charge in [-0.05, 0) is 17.7 Å². The lowest BCUT2D eigenvalue weighted by Gasteiger charge is -2.39. The predicted octanol–water partition coefficient (Wildman–Crippen LogP) is 2.57. The minimum atomic E-state index is 0.210. The summed E-state index contributed by atoms with van der Waals surface area (Å²) in [6, 6.07) is 18.9. The van der Waals surface area contributed by atoms with Gasteiger partial charge in [-0.25, -0.2) is 5.48 Å². The quantitative estimate of drug-likeness (QED) is 0.894. The van der Waals surface area contributed by atoms with Crippen molar-refractivity contribution in [3.8, 4) is 5.75 Å². The van der Waals surface area contributed by atoms with Gasteiger partial charge in [0, 0.05) is 31.7 Å². The van der Waals surface area contributed by atoms with E-state index >= 15 is 0 Å². The molecule has 0 aliphatic carbocycles. The number of hydrogen-bond acceptors (Lipinski definition) is 4. The van der Waals surface area contributed by atoms with Crippen molar-refractivity contribution < 1.29 is 4.84 Å². The third-order valence-electron chi connectivity index (χ3n) is 4.43. The fourth-order valence-electron chi connectivity index (χ4n) is 3.31. The molecule has 1 saturated heterocycles. The van der Waals surface area contributed by atoms with Crippen molar-refractivity contribution in [1.29, 1.82) is 0 Å². The standard InChI is InChI=1S/C19H21N3O/c1-2-6-15(7-3-1)14-17-19(22-12-10-20-11-13-22)16-8-4-5-9-18(16)23-21-17/h1-9,14,19-21H,10-13H2. The van der Waals surface area contributed by atoms with E-state index in [1.165, 1.54) is 11.1 Å². The minimum Gasteiger partial charge on any atom is -0.382 e. The predicted molar refractivity (Wildman–Crippen MR) is 91.8 cm³/mol. The second-order valence-electron chi connectivity index (χ2n) is 5.94. The number of piperazine rings is 1. The van der Waals surface area contributed by atoms with Crippen LogP contribution < -0.4 is 15.6 Å². The van der Waals surface area contributed by atoms with Crippen LogP contribution in [0.3, 0.4) is 0 Å². The molecule has 0 radical (unpaired) electrons. The summed E-state index contributed by atoms with van der Waals surface area (Å²) < 4.78 is 0. The normalized spacial score (nSPS) is 23.0. The van der Waals surface area contributed by atoms with Gasteiger partial charge in [-0.2, -0.15) is 0 Å². The Labute approximate surface area is 136 Å². The van der Waals surface area contributed by atoms with Crippen LogP contribution in [0.25, 0.3) is 6.08 Å². The van der Waals surface area contributed by atoms with Crippen molar-refractivity contribution in [3.63, 3.8) is 0 Å². The highest BCUT2D eigenvalue weighted by molar-refractivity contribution is 5.56. The van der Waals surface area contributed by atoms with E-state index in [1.54, 1.807) is 0 Å². The minimum absolute atomic E-state index is 0.210. The Balaban J connectivity index is 1.74. The Morgan fingerprint density at radius 3 is 2.52 bits per heavy atom. The summed E-state index contributed by atoms with van der Waals surface area (Å²) in [7, 11) is 0. The molecule has 0 amide bonds. The molecule has 4 rings (SSSR count). The first-order valence-electron chi connectivity index (χ1n) is 8.15. The Hall–Kier alpha value is -2.30. The van der Waals surface area contributed by atoms with E-state index in [-0.39, 0.29) is 6.04 Å². The summed E-state index contributed by atoms with van der Waals surface area (Å²) >= 11 is 0. The molecule has 23 heavy (non-hydrogen) atoms. The first kappa shape index (κ1) is 14.3. The Kier molecular flexibility index (Phi) is 4.01. The van der Waals surface area contributed by atoms with E-state index in [0.29, 0.717) is 0 Å². The van der Waals surface area contributed by atoms with E-state index in [1.807, 2.05) is 18.2 Å². The molecule has 4 nitrogen and oxygen atoms in total. The van der Waals surface area contributed by atoms with Crippen LogP contribution >= 0.6 is 0 Å². The van der Waals surface area contributed by atoms with Crippen LogP contribution in [0.5, 0.6) is 5.75 Å². The molecule has 1 fully saturated rings. The van der Waals surface area contributed by atoms with Crippen molar-refractivity contribution in [3.05, 3.63) is 71.4 Å². The molecule has 2 heterocycles. The van der Waals surface area contributed by atoms with Crippen LogP contribution in [0.4, 0.5) is 0 Å². The van der Waals surface area contributed by atoms with Gasteiger partial charge < -0.3 is 10.2 Å². The molecule has 118 valence electrons. The van der Waals surface area contributed by atoms with Gasteiger partial charge in [-0.3, -0.25) is 4.90 Å². The number of nitrogens with one attached hydrogen (secondary N) is 2. The van der Waals surface area contributed by atoms with Gasteiger partial charge in [0.15, 0.2) is 5.75 Å². The number of benzene rings is 2. The van der Waals surface area contributed by atoms with Crippen LogP contribution in [0.1, 0.15) is 17.2 Å². The van der Waals surface area contributed by atoms with Gasteiger partial charge in [0.1, 0.15) is 0 Å². The molecule has 2 aliphatic rings. The lowest BCUT2D eigenvalue weighted by atomic mass is 9.97. The maximum atomic E-state index is 5.77. The van der Waals surface area contributed by atoms with Gasteiger partial charge in [0.25, 0.3) is 0 Å². The summed E-state index contributed by atoms with van der Waals surface area (Å²) in [5.74, 6) is 0.918. The lowest BCUT2D eigenvalue weighted by molar-refractivity contribution is 0.128. The second-order valence-corrected chi connectivity index (χ2v) is 5.94. The first-order chi connectivity index (χ1) is 11.4. The van der Waals surface area contributed by atoms with Crippen molar-refractivity contribution in [2.45, 2.75) is 6.04 Å². The monoisotopic (exact) mass is 307 g/mol. The van der Waals surface area contributed by atoms with Gasteiger partial charge >= 0.3 is 0 Å². The first-order valence-corrected chi connectivity index (χ1v) is 8.15. The fraction of sp³-hybridized carbons (Fsp3) is 0.263. The third-order valence-corrected chi connectivity index (χ3v) is 4.43. The largest absolute Gasteiger partial charge is 0.382 e. The number of hydroxylamine groups is 1. The van der Waals surface area contributed by atoms with Gasteiger partial charge in [0.05, 0.1) is 11.7 Å². The molecule has 2 N–H and O–H groups in total. The number of nitrogens with zero attached hydrogens (tertiary/aromatic N) is 1. The summed E-state index contributed by atoms with van der Waals surface area (Å²) in [6.45, 7) is 4.12. The van der Waals surface area contributed by atoms with Gasteiger partial charge in [-0.1, -0.05) is 48.5 Å². The maximum absolute atomic E-state index is 5.77. The van der Waals surface area contributed by atoms with Crippen molar-refractivity contribution >= 4 is 6.08 Å².